The van der Waals surface area contributed by atoms with Crippen LogP contribution in [-0.2, 0) is 14.6 Å². The third-order valence-electron chi connectivity index (χ3n) is 5.34. The molecule has 0 aromatic carbocycles. The highest BCUT2D eigenvalue weighted by atomic mass is 32.2. The number of nitrogens with one attached hydrogen (secondary N) is 1. The molecule has 2 fully saturated rings. The number of aryl methyl sites for hydroxylation is 1. The first kappa shape index (κ1) is 18.0. The van der Waals surface area contributed by atoms with Gasteiger partial charge in [-0.05, 0) is 39.2 Å². The molecule has 2 saturated heterocycles. The Bertz CT molecular complexity index is 895. The summed E-state index contributed by atoms with van der Waals surface area (Å²) in [5.74, 6) is 0.534. The zero-order chi connectivity index (χ0) is 18.3. The molecule has 26 heavy (non-hydrogen) atoms. The Morgan fingerprint density at radius 3 is 2.92 bits per heavy atom. The van der Waals surface area contributed by atoms with Crippen molar-refractivity contribution in [3.63, 3.8) is 0 Å². The Hall–Kier alpha value is -1.38. The van der Waals surface area contributed by atoms with Crippen LogP contribution in [0.15, 0.2) is 11.4 Å². The molecule has 4 heterocycles. The molecule has 2 aliphatic heterocycles. The number of aromatic nitrogens is 2. The molecule has 0 radical (unpaired) electrons. The van der Waals surface area contributed by atoms with Gasteiger partial charge in [-0.25, -0.2) is 13.4 Å². The van der Waals surface area contributed by atoms with Crippen molar-refractivity contribution < 1.29 is 13.2 Å². The van der Waals surface area contributed by atoms with E-state index in [-0.39, 0.29) is 23.7 Å². The Morgan fingerprint density at radius 2 is 2.23 bits per heavy atom. The molecule has 2 aliphatic rings. The molecule has 0 spiro atoms. The molecule has 0 amide bonds. The van der Waals surface area contributed by atoms with Crippen LogP contribution >= 0.6 is 11.3 Å². The third kappa shape index (κ3) is 3.54. The minimum absolute atomic E-state index is 0.0458. The zero-order valence-electron chi connectivity index (χ0n) is 15.2. The van der Waals surface area contributed by atoms with Crippen molar-refractivity contribution in [1.29, 1.82) is 0 Å². The van der Waals surface area contributed by atoms with Crippen LogP contribution in [0.5, 0.6) is 0 Å². The van der Waals surface area contributed by atoms with Crippen LogP contribution in [-0.4, -0.2) is 48.7 Å². The Kier molecular flexibility index (Phi) is 4.83. The van der Waals surface area contributed by atoms with E-state index in [1.807, 2.05) is 6.92 Å². The van der Waals surface area contributed by atoms with Crippen molar-refractivity contribution in [3.8, 4) is 11.3 Å². The van der Waals surface area contributed by atoms with Gasteiger partial charge in [-0.3, -0.25) is 0 Å². The SMILES string of the molecule is Cc1cc(-c2csc(NC[C@@H]3CCCO3)n2)c(C)n1[C@@H]1CCS(=O)(=O)C1. The van der Waals surface area contributed by atoms with Crippen LogP contribution < -0.4 is 5.32 Å². The van der Waals surface area contributed by atoms with E-state index in [1.54, 1.807) is 11.3 Å². The molecule has 2 aromatic heterocycles. The van der Waals surface area contributed by atoms with E-state index in [0.29, 0.717) is 6.42 Å². The van der Waals surface area contributed by atoms with Gasteiger partial charge in [0.15, 0.2) is 15.0 Å². The van der Waals surface area contributed by atoms with Gasteiger partial charge in [-0.15, -0.1) is 11.3 Å². The molecule has 0 aliphatic carbocycles. The average Bonchev–Trinajstić information content (AvgIpc) is 3.34. The predicted octanol–water partition coefficient (Wildman–Crippen LogP) is 3.18. The lowest BCUT2D eigenvalue weighted by Gasteiger charge is -2.16. The van der Waals surface area contributed by atoms with Gasteiger partial charge in [-0.2, -0.15) is 0 Å². The molecule has 0 bridgehead atoms. The summed E-state index contributed by atoms with van der Waals surface area (Å²) in [6.45, 7) is 5.76. The summed E-state index contributed by atoms with van der Waals surface area (Å²) in [6, 6.07) is 2.17. The maximum atomic E-state index is 11.9. The molecule has 2 aromatic rings. The van der Waals surface area contributed by atoms with Crippen molar-refractivity contribution in [3.05, 3.63) is 22.8 Å². The van der Waals surface area contributed by atoms with Crippen LogP contribution in [0.2, 0.25) is 0 Å². The molecule has 2 atom stereocenters. The minimum Gasteiger partial charge on any atom is -0.376 e. The largest absolute Gasteiger partial charge is 0.376 e. The smallest absolute Gasteiger partial charge is 0.183 e. The minimum atomic E-state index is -2.90. The van der Waals surface area contributed by atoms with Crippen LogP contribution in [0.3, 0.4) is 0 Å². The summed E-state index contributed by atoms with van der Waals surface area (Å²) >= 11 is 1.60. The fraction of sp³-hybridized carbons (Fsp3) is 0.611. The first-order chi connectivity index (χ1) is 12.4. The van der Waals surface area contributed by atoms with Crippen LogP contribution in [0.1, 0.15) is 36.7 Å². The maximum absolute atomic E-state index is 11.9. The lowest BCUT2D eigenvalue weighted by atomic mass is 10.2. The number of nitrogens with zero attached hydrogens (tertiary/aromatic N) is 2. The summed E-state index contributed by atoms with van der Waals surface area (Å²) in [5.41, 5.74) is 4.24. The maximum Gasteiger partial charge on any atom is 0.183 e. The van der Waals surface area contributed by atoms with E-state index < -0.39 is 9.84 Å². The molecular weight excluding hydrogens is 370 g/mol. The monoisotopic (exact) mass is 395 g/mol. The van der Waals surface area contributed by atoms with Crippen LogP contribution in [0, 0.1) is 13.8 Å². The molecule has 0 saturated carbocycles. The molecule has 0 unspecified atom stereocenters. The highest BCUT2D eigenvalue weighted by molar-refractivity contribution is 7.91. The first-order valence-corrected chi connectivity index (χ1v) is 11.8. The van der Waals surface area contributed by atoms with E-state index in [9.17, 15) is 8.42 Å². The van der Waals surface area contributed by atoms with Crippen molar-refractivity contribution in [2.24, 2.45) is 0 Å². The quantitative estimate of drug-likeness (QED) is 0.842. The van der Waals surface area contributed by atoms with E-state index in [2.05, 4.69) is 28.3 Å². The van der Waals surface area contributed by atoms with E-state index in [4.69, 9.17) is 9.72 Å². The molecular formula is C18H25N3O3S2. The fourth-order valence-corrected chi connectivity index (χ4v) is 6.48. The van der Waals surface area contributed by atoms with Crippen LogP contribution in [0.25, 0.3) is 11.3 Å². The molecule has 8 heteroatoms. The van der Waals surface area contributed by atoms with Gasteiger partial charge in [0, 0.05) is 41.5 Å². The van der Waals surface area contributed by atoms with Gasteiger partial charge in [0.2, 0.25) is 0 Å². The van der Waals surface area contributed by atoms with Gasteiger partial charge in [-0.1, -0.05) is 0 Å². The van der Waals surface area contributed by atoms with Crippen molar-refractivity contribution >= 4 is 26.3 Å². The summed E-state index contributed by atoms with van der Waals surface area (Å²) < 4.78 is 31.5. The van der Waals surface area contributed by atoms with Crippen molar-refractivity contribution in [1.82, 2.24) is 9.55 Å². The second kappa shape index (κ2) is 6.98. The third-order valence-corrected chi connectivity index (χ3v) is 7.89. The molecule has 4 rings (SSSR count). The molecule has 142 valence electrons. The number of sulfone groups is 1. The average molecular weight is 396 g/mol. The van der Waals surface area contributed by atoms with Gasteiger partial charge in [0.05, 0.1) is 23.3 Å². The number of thiazole rings is 1. The number of ether oxygens (including phenoxy) is 1. The van der Waals surface area contributed by atoms with E-state index >= 15 is 0 Å². The summed E-state index contributed by atoms with van der Waals surface area (Å²) in [6.07, 6.45) is 3.23. The lowest BCUT2D eigenvalue weighted by molar-refractivity contribution is 0.120. The molecule has 1 N–H and O–H groups in total. The summed E-state index contributed by atoms with van der Waals surface area (Å²) in [7, 11) is -2.90. The number of rotatable bonds is 5. The highest BCUT2D eigenvalue weighted by Crippen LogP contribution is 2.34. The summed E-state index contributed by atoms with van der Waals surface area (Å²) in [5, 5.41) is 6.35. The number of hydrogen-bond donors (Lipinski definition) is 1. The Balaban J connectivity index is 1.52. The topological polar surface area (TPSA) is 73.2 Å². The molecule has 6 nitrogen and oxygen atoms in total. The van der Waals surface area contributed by atoms with Crippen molar-refractivity contribution in [2.45, 2.75) is 45.3 Å². The zero-order valence-corrected chi connectivity index (χ0v) is 16.8. The second-order valence-electron chi connectivity index (χ2n) is 7.27. The second-order valence-corrected chi connectivity index (χ2v) is 10.4. The standard InChI is InChI=1S/C18H25N3O3S2/c1-12-8-16(13(2)21(12)14-5-7-26(22,23)11-14)17-10-25-18(20-17)19-9-15-4-3-6-24-15/h8,10,14-15H,3-7,9,11H2,1-2H3,(H,19,20)/t14-,15+/m1/s1. The normalized spacial score (nSPS) is 25.0. The van der Waals surface area contributed by atoms with Gasteiger partial charge >= 0.3 is 0 Å². The fourth-order valence-electron chi connectivity index (χ4n) is 4.06. The lowest BCUT2D eigenvalue weighted by Crippen LogP contribution is -2.18. The Morgan fingerprint density at radius 1 is 1.38 bits per heavy atom. The van der Waals surface area contributed by atoms with E-state index in [0.717, 1.165) is 53.8 Å². The number of hydrogen-bond acceptors (Lipinski definition) is 6. The number of anilines is 1. The van der Waals surface area contributed by atoms with Crippen molar-refractivity contribution in [2.75, 3.05) is 30.0 Å². The Labute approximate surface area is 158 Å². The van der Waals surface area contributed by atoms with Crippen LogP contribution in [0.4, 0.5) is 5.13 Å². The van der Waals surface area contributed by atoms with Gasteiger partial charge < -0.3 is 14.6 Å². The summed E-state index contributed by atoms with van der Waals surface area (Å²) in [4.78, 5) is 4.73. The van der Waals surface area contributed by atoms with E-state index in [1.165, 1.54) is 0 Å². The van der Waals surface area contributed by atoms with Gasteiger partial charge in [0.1, 0.15) is 0 Å². The predicted molar refractivity (Wildman–Crippen MR) is 105 cm³/mol. The highest BCUT2D eigenvalue weighted by Gasteiger charge is 2.31. The first-order valence-electron chi connectivity index (χ1n) is 9.13. The van der Waals surface area contributed by atoms with Gasteiger partial charge in [0.25, 0.3) is 0 Å².